The van der Waals surface area contributed by atoms with E-state index in [1.54, 1.807) is 5.64 Å². The van der Waals surface area contributed by atoms with E-state index in [1.165, 1.54) is 0 Å². The molecule has 0 bridgehead atoms. The van der Waals surface area contributed by atoms with Crippen molar-refractivity contribution in [3.63, 3.8) is 0 Å². The fourth-order valence-corrected chi connectivity index (χ4v) is 0.262. The molecule has 0 aromatic carbocycles. The maximum absolute atomic E-state index is 8.61. The summed E-state index contributed by atoms with van der Waals surface area (Å²) in [4.78, 5) is 4.38. The molecule has 0 atom stereocenters. The zero-order chi connectivity index (χ0) is 8.24. The number of unbranched alkanes of at least 4 members (excludes halogenated alkanes) is 1. The molecule has 0 heterocycles. The summed E-state index contributed by atoms with van der Waals surface area (Å²) < 4.78 is 15.8. The van der Waals surface area contributed by atoms with Crippen molar-refractivity contribution in [2.45, 2.75) is 19.8 Å². The van der Waals surface area contributed by atoms with Gasteiger partial charge < -0.3 is 0 Å². The summed E-state index contributed by atoms with van der Waals surface area (Å²) in [7, 11) is 0. The van der Waals surface area contributed by atoms with Crippen LogP contribution in [0.15, 0.2) is 0 Å². The Balaban J connectivity index is 0. The van der Waals surface area contributed by atoms with Gasteiger partial charge in [-0.3, -0.25) is 10.0 Å². The van der Waals surface area contributed by atoms with Gasteiger partial charge in [0.05, 0.1) is 6.61 Å². The first kappa shape index (κ1) is 13.0. The summed E-state index contributed by atoms with van der Waals surface area (Å²) in [6.07, 6.45) is 2.06. The third-order valence-corrected chi connectivity index (χ3v) is 0.665. The van der Waals surface area contributed by atoms with Crippen LogP contribution in [-0.4, -0.2) is 15.5 Å². The Morgan fingerprint density at radius 2 is 2.20 bits per heavy atom. The van der Waals surface area contributed by atoms with Crippen LogP contribution in [0.25, 0.3) is 0 Å². The van der Waals surface area contributed by atoms with E-state index in [-0.39, 0.29) is 0 Å². The van der Waals surface area contributed by atoms with Crippen LogP contribution in [0.2, 0.25) is 0 Å². The van der Waals surface area contributed by atoms with Crippen molar-refractivity contribution in [2.75, 3.05) is 6.61 Å². The Morgan fingerprint density at radius 3 is 2.50 bits per heavy atom. The maximum atomic E-state index is 8.61. The predicted molar refractivity (Wildman–Crippen MR) is 28.7 cm³/mol. The second-order valence-corrected chi connectivity index (χ2v) is 1.67. The first-order valence-electron chi connectivity index (χ1n) is 2.85. The van der Waals surface area contributed by atoms with Crippen LogP contribution in [0.3, 0.4) is 0 Å². The summed E-state index contributed by atoms with van der Waals surface area (Å²) in [5.41, 5.74) is 1.60. The molecule has 3 N–H and O–H groups in total. The molecule has 0 fully saturated rings. The Hall–Kier alpha value is 0.354. The van der Waals surface area contributed by atoms with Gasteiger partial charge in [-0.2, -0.15) is 0 Å². The van der Waals surface area contributed by atoms with Gasteiger partial charge in [0.2, 0.25) is 0 Å². The molecule has 61 valence electrons. The molecule has 0 aliphatic heterocycles. The fraction of sp³-hybridized carbons (Fsp3) is 1.00. The molecule has 0 saturated carbocycles. The number of hydrogen-bond acceptors (Lipinski definition) is 4. The van der Waals surface area contributed by atoms with Gasteiger partial charge in [0.1, 0.15) is 0 Å². The number of hydrogen-bond donors (Lipinski definition) is 3. The normalized spacial score (nSPS) is 7.50. The quantitative estimate of drug-likeness (QED) is 0.327. The molecule has 0 radical (unpaired) electrons. The van der Waals surface area contributed by atoms with E-state index in [9.17, 15) is 0 Å². The molecule has 0 aliphatic rings. The average Bonchev–Trinajstić information content (AvgIpc) is 1.91. The van der Waals surface area contributed by atoms with E-state index < -0.39 is 19.5 Å². The predicted octanol–water partition coefficient (Wildman–Crippen LogP) is 0.0186. The summed E-state index contributed by atoms with van der Waals surface area (Å²) in [5.74, 6) is 0. The monoisotopic (exact) mass is 186 g/mol. The second kappa shape index (κ2) is 16.2. The molecule has 5 nitrogen and oxygen atoms in total. The zero-order valence-corrected chi connectivity index (χ0v) is 7.39. The second-order valence-electron chi connectivity index (χ2n) is 1.38. The molecule has 6 heteroatoms. The van der Waals surface area contributed by atoms with Crippen molar-refractivity contribution < 1.29 is 36.6 Å². The summed E-state index contributed by atoms with van der Waals surface area (Å²) in [5, 5.41) is 7.82. The summed E-state index contributed by atoms with van der Waals surface area (Å²) >= 11 is -1.75. The molecule has 0 spiro atoms. The van der Waals surface area contributed by atoms with Crippen LogP contribution in [0.4, 0.5) is 0 Å². The van der Waals surface area contributed by atoms with Gasteiger partial charge in [0.25, 0.3) is 0 Å². The third-order valence-electron chi connectivity index (χ3n) is 0.665. The van der Waals surface area contributed by atoms with E-state index >= 15 is 0 Å². The van der Waals surface area contributed by atoms with Crippen molar-refractivity contribution in [2.24, 2.45) is 0 Å². The van der Waals surface area contributed by atoms with Crippen molar-refractivity contribution in [1.82, 2.24) is 5.64 Å². The van der Waals surface area contributed by atoms with E-state index in [0.717, 1.165) is 12.8 Å². The molecule has 0 amide bonds. The van der Waals surface area contributed by atoms with Crippen LogP contribution in [0.5, 0.6) is 0 Å². The summed E-state index contributed by atoms with van der Waals surface area (Å²) in [6, 6.07) is 0. The van der Waals surface area contributed by atoms with E-state index in [0.29, 0.717) is 6.61 Å². The van der Waals surface area contributed by atoms with Crippen LogP contribution in [0.1, 0.15) is 19.8 Å². The third kappa shape index (κ3) is 23.8. The van der Waals surface area contributed by atoms with Crippen molar-refractivity contribution >= 4 is 0 Å². The summed E-state index contributed by atoms with van der Waals surface area (Å²) in [6.45, 7) is 2.63. The number of nitrogens with one attached hydrogen (secondary N) is 1. The van der Waals surface area contributed by atoms with Gasteiger partial charge in [-0.1, -0.05) is 19.0 Å². The van der Waals surface area contributed by atoms with Crippen LogP contribution >= 0.6 is 0 Å². The Kier molecular flexibility index (Phi) is 21.0. The Morgan fingerprint density at radius 1 is 1.70 bits per heavy atom. The van der Waals surface area contributed by atoms with E-state index in [1.807, 2.05) is 0 Å². The Labute approximate surface area is 69.0 Å². The van der Waals surface area contributed by atoms with Crippen molar-refractivity contribution in [1.29, 1.82) is 0 Å². The van der Waals surface area contributed by atoms with Gasteiger partial charge >= 0.3 is 26.5 Å². The number of rotatable bonds is 4. The first-order valence-corrected chi connectivity index (χ1v) is 4.19. The van der Waals surface area contributed by atoms with E-state index in [2.05, 4.69) is 11.8 Å². The fourth-order valence-electron chi connectivity index (χ4n) is 0.262. The average molecular weight is 186 g/mol. The molecule has 0 saturated heterocycles. The molecule has 0 unspecified atom stereocenters. The molecular formula is C4H12NO4Ti. The molecule has 0 aromatic heterocycles. The van der Waals surface area contributed by atoms with Crippen LogP contribution < -0.4 is 5.64 Å². The van der Waals surface area contributed by atoms with Crippen molar-refractivity contribution in [3.8, 4) is 0 Å². The minimum absolute atomic E-state index is 0.576. The van der Waals surface area contributed by atoms with Gasteiger partial charge in [0, 0.05) is 0 Å². The van der Waals surface area contributed by atoms with E-state index in [4.69, 9.17) is 12.2 Å². The molecule has 0 rings (SSSR count). The Bertz CT molecular complexity index is 59.2. The SMILES string of the molecule is CCCCONO.[O]=[Ti][OH]. The molecule has 0 aliphatic carbocycles. The standard InChI is InChI=1S/C4H11NO2.H2O.O.Ti/c1-2-3-4-7-5-6;;;/h5-6H,2-4H2,1H3;1H2;;/q;;;+1/p-1. The van der Waals surface area contributed by atoms with Gasteiger partial charge in [0.15, 0.2) is 0 Å². The first-order chi connectivity index (χ1) is 4.83. The van der Waals surface area contributed by atoms with Gasteiger partial charge in [-0.25, -0.2) is 0 Å². The van der Waals surface area contributed by atoms with Gasteiger partial charge in [-0.05, 0) is 6.42 Å². The molecule has 0 aromatic rings. The van der Waals surface area contributed by atoms with Crippen LogP contribution in [0, 0.1) is 0 Å². The molecule has 10 heavy (non-hydrogen) atoms. The zero-order valence-electron chi connectivity index (χ0n) is 5.83. The topological polar surface area (TPSA) is 78.8 Å². The van der Waals surface area contributed by atoms with Gasteiger partial charge in [-0.15, -0.1) is 0 Å². The molecular weight excluding hydrogens is 174 g/mol. The van der Waals surface area contributed by atoms with Crippen molar-refractivity contribution in [3.05, 3.63) is 0 Å². The minimum atomic E-state index is -1.75. The van der Waals surface area contributed by atoms with Crippen LogP contribution in [-0.2, 0) is 27.7 Å².